The van der Waals surface area contributed by atoms with E-state index in [1.54, 1.807) is 11.9 Å². The molecule has 0 spiro atoms. The Kier molecular flexibility index (Phi) is 4.08. The first-order valence-corrected chi connectivity index (χ1v) is 6.57. The second kappa shape index (κ2) is 5.62. The molecule has 1 heterocycles. The second-order valence-corrected chi connectivity index (χ2v) is 5.39. The molecule has 0 saturated heterocycles. The van der Waals surface area contributed by atoms with E-state index in [0.717, 1.165) is 17.4 Å². The average molecular weight is 281 g/mol. The zero-order chi connectivity index (χ0) is 14.9. The molecule has 1 aliphatic carbocycles. The molecule has 0 bridgehead atoms. The summed E-state index contributed by atoms with van der Waals surface area (Å²) in [5, 5.41) is 9.22. The lowest BCUT2D eigenvalue weighted by atomic mass is 9.82. The van der Waals surface area contributed by atoms with Crippen molar-refractivity contribution >= 4 is 5.91 Å². The van der Waals surface area contributed by atoms with Crippen molar-refractivity contribution in [1.29, 1.82) is 0 Å². The van der Waals surface area contributed by atoms with E-state index in [4.69, 9.17) is 0 Å². The quantitative estimate of drug-likeness (QED) is 0.749. The van der Waals surface area contributed by atoms with Crippen molar-refractivity contribution in [3.05, 3.63) is 33.1 Å². The predicted molar refractivity (Wildman–Crippen MR) is 72.3 cm³/mol. The predicted octanol–water partition coefficient (Wildman–Crippen LogP) is -1.22. The van der Waals surface area contributed by atoms with Crippen LogP contribution in [0.2, 0.25) is 0 Å². The third-order valence-electron chi connectivity index (χ3n) is 3.73. The molecule has 1 saturated carbocycles. The topological polar surface area (TPSA) is 84.5 Å². The van der Waals surface area contributed by atoms with E-state index in [0.29, 0.717) is 12.5 Å². The molecule has 7 heteroatoms. The lowest BCUT2D eigenvalue weighted by Crippen LogP contribution is -2.43. The lowest BCUT2D eigenvalue weighted by Gasteiger charge is -2.34. The van der Waals surface area contributed by atoms with Crippen LogP contribution in [0.1, 0.15) is 12.8 Å². The van der Waals surface area contributed by atoms with Crippen LogP contribution < -0.4 is 11.2 Å². The molecule has 1 fully saturated rings. The fourth-order valence-corrected chi connectivity index (χ4v) is 2.34. The molecule has 1 N–H and O–H groups in total. The maximum Gasteiger partial charge on any atom is 0.331 e. The summed E-state index contributed by atoms with van der Waals surface area (Å²) in [6.45, 7) is 0.495. The summed E-state index contributed by atoms with van der Waals surface area (Å²) in [4.78, 5) is 36.7. The molecule has 1 aromatic heterocycles. The monoisotopic (exact) mass is 281 g/mol. The third-order valence-corrected chi connectivity index (χ3v) is 3.73. The van der Waals surface area contributed by atoms with Crippen molar-refractivity contribution < 1.29 is 9.90 Å². The van der Waals surface area contributed by atoms with Gasteiger partial charge in [-0.05, 0) is 18.8 Å². The number of aliphatic hydroxyl groups excluding tert-OH is 1. The van der Waals surface area contributed by atoms with Gasteiger partial charge in [0.2, 0.25) is 5.91 Å². The van der Waals surface area contributed by atoms with E-state index in [-0.39, 0.29) is 18.6 Å². The van der Waals surface area contributed by atoms with Gasteiger partial charge in [0.05, 0.1) is 6.10 Å². The standard InChI is InChI=1S/C13H19N3O4/c1-14(7-9-5-10(17)6-9)12(19)8-16-4-3-11(18)15(2)13(16)20/h3-4,9-10,17H,5-8H2,1-2H3. The highest BCUT2D eigenvalue weighted by atomic mass is 16.3. The Morgan fingerprint density at radius 1 is 1.45 bits per heavy atom. The van der Waals surface area contributed by atoms with Crippen LogP contribution in [0.15, 0.2) is 21.9 Å². The van der Waals surface area contributed by atoms with Gasteiger partial charge in [-0.15, -0.1) is 0 Å². The molecule has 0 radical (unpaired) electrons. The molecule has 20 heavy (non-hydrogen) atoms. The van der Waals surface area contributed by atoms with Crippen LogP contribution in [0.5, 0.6) is 0 Å². The highest BCUT2D eigenvalue weighted by Crippen LogP contribution is 2.27. The molecule has 0 aromatic carbocycles. The summed E-state index contributed by atoms with van der Waals surface area (Å²) < 4.78 is 2.19. The van der Waals surface area contributed by atoms with Gasteiger partial charge in [-0.3, -0.25) is 18.7 Å². The Labute approximate surface area is 116 Å². The Hall–Kier alpha value is -1.89. The number of carbonyl (C=O) groups is 1. The largest absolute Gasteiger partial charge is 0.393 e. The highest BCUT2D eigenvalue weighted by Gasteiger charge is 2.29. The number of hydrogen-bond donors (Lipinski definition) is 1. The number of nitrogens with zero attached hydrogens (tertiary/aromatic N) is 3. The van der Waals surface area contributed by atoms with Gasteiger partial charge in [0.25, 0.3) is 5.56 Å². The number of carbonyl (C=O) groups excluding carboxylic acids is 1. The number of amides is 1. The van der Waals surface area contributed by atoms with Crippen molar-refractivity contribution in [3.63, 3.8) is 0 Å². The van der Waals surface area contributed by atoms with Crippen molar-refractivity contribution in [2.75, 3.05) is 13.6 Å². The van der Waals surface area contributed by atoms with E-state index < -0.39 is 11.2 Å². The highest BCUT2D eigenvalue weighted by molar-refractivity contribution is 5.75. The zero-order valence-electron chi connectivity index (χ0n) is 11.7. The van der Waals surface area contributed by atoms with Crippen LogP contribution in [0, 0.1) is 5.92 Å². The summed E-state index contributed by atoms with van der Waals surface area (Å²) in [5.74, 6) is 0.142. The van der Waals surface area contributed by atoms with Crippen LogP contribution in [0.25, 0.3) is 0 Å². The Bertz CT molecular complexity index is 613. The van der Waals surface area contributed by atoms with Crippen molar-refractivity contribution in [3.8, 4) is 0 Å². The zero-order valence-corrected chi connectivity index (χ0v) is 11.7. The molecule has 1 aliphatic rings. The maximum atomic E-state index is 12.0. The van der Waals surface area contributed by atoms with Crippen LogP contribution >= 0.6 is 0 Å². The Morgan fingerprint density at radius 2 is 2.10 bits per heavy atom. The van der Waals surface area contributed by atoms with Crippen molar-refractivity contribution in [2.24, 2.45) is 13.0 Å². The molecular formula is C13H19N3O4. The molecular weight excluding hydrogens is 262 g/mol. The first-order chi connectivity index (χ1) is 9.38. The SMILES string of the molecule is CN(CC1CC(O)C1)C(=O)Cn1ccc(=O)n(C)c1=O. The van der Waals surface area contributed by atoms with Gasteiger partial charge in [0.1, 0.15) is 6.54 Å². The van der Waals surface area contributed by atoms with Crippen molar-refractivity contribution in [2.45, 2.75) is 25.5 Å². The van der Waals surface area contributed by atoms with E-state index >= 15 is 0 Å². The van der Waals surface area contributed by atoms with Crippen LogP contribution in [0.4, 0.5) is 0 Å². The van der Waals surface area contributed by atoms with Gasteiger partial charge in [-0.2, -0.15) is 0 Å². The number of hydrogen-bond acceptors (Lipinski definition) is 4. The number of rotatable bonds is 4. The molecule has 0 unspecified atom stereocenters. The molecule has 110 valence electrons. The lowest BCUT2D eigenvalue weighted by molar-refractivity contribution is -0.132. The molecule has 2 rings (SSSR count). The fourth-order valence-electron chi connectivity index (χ4n) is 2.34. The Balaban J connectivity index is 1.99. The van der Waals surface area contributed by atoms with E-state index in [1.165, 1.54) is 23.9 Å². The molecule has 1 amide bonds. The Morgan fingerprint density at radius 3 is 2.70 bits per heavy atom. The summed E-state index contributed by atoms with van der Waals surface area (Å²) in [7, 11) is 3.06. The third kappa shape index (κ3) is 2.98. The molecule has 0 aliphatic heterocycles. The van der Waals surface area contributed by atoms with Gasteiger partial charge in [-0.1, -0.05) is 0 Å². The van der Waals surface area contributed by atoms with E-state index in [9.17, 15) is 19.5 Å². The van der Waals surface area contributed by atoms with Crippen LogP contribution in [0.3, 0.4) is 0 Å². The minimum Gasteiger partial charge on any atom is -0.393 e. The first-order valence-electron chi connectivity index (χ1n) is 6.57. The second-order valence-electron chi connectivity index (χ2n) is 5.39. The summed E-state index contributed by atoms with van der Waals surface area (Å²) in [6, 6.07) is 1.26. The normalized spacial score (nSPS) is 21.4. The summed E-state index contributed by atoms with van der Waals surface area (Å²) in [6.07, 6.45) is 2.54. The van der Waals surface area contributed by atoms with Gasteiger partial charge >= 0.3 is 5.69 Å². The fraction of sp³-hybridized carbons (Fsp3) is 0.615. The van der Waals surface area contributed by atoms with Crippen LogP contribution in [-0.2, 0) is 18.4 Å². The van der Waals surface area contributed by atoms with Gasteiger partial charge in [0, 0.05) is 32.9 Å². The maximum absolute atomic E-state index is 12.0. The molecule has 1 aromatic rings. The first kappa shape index (κ1) is 14.5. The van der Waals surface area contributed by atoms with Gasteiger partial charge in [0.15, 0.2) is 0 Å². The van der Waals surface area contributed by atoms with Crippen LogP contribution in [-0.4, -0.2) is 44.7 Å². The summed E-state index contributed by atoms with van der Waals surface area (Å²) in [5.41, 5.74) is -0.895. The number of likely N-dealkylation sites (N-methyl/N-ethyl adjacent to an activating group) is 1. The minimum atomic E-state index is -0.502. The van der Waals surface area contributed by atoms with E-state index in [1.807, 2.05) is 0 Å². The van der Waals surface area contributed by atoms with Crippen molar-refractivity contribution in [1.82, 2.24) is 14.0 Å². The van der Waals surface area contributed by atoms with E-state index in [2.05, 4.69) is 0 Å². The smallest absolute Gasteiger partial charge is 0.331 e. The summed E-state index contributed by atoms with van der Waals surface area (Å²) >= 11 is 0. The van der Waals surface area contributed by atoms with Gasteiger partial charge < -0.3 is 10.0 Å². The minimum absolute atomic E-state index is 0.0846. The average Bonchev–Trinajstić information content (AvgIpc) is 2.37. The van der Waals surface area contributed by atoms with Gasteiger partial charge in [-0.25, -0.2) is 4.79 Å². The number of aromatic nitrogens is 2. The number of aliphatic hydroxyl groups is 1. The molecule has 0 atom stereocenters. The molecule has 7 nitrogen and oxygen atoms in total.